The summed E-state index contributed by atoms with van der Waals surface area (Å²) in [6.45, 7) is 6.61. The van der Waals surface area contributed by atoms with E-state index in [0.717, 1.165) is 43.4 Å². The maximum Gasteiger partial charge on any atom is 0.161 e. The van der Waals surface area contributed by atoms with Crippen LogP contribution in [0.1, 0.15) is 24.1 Å². The average molecular weight is 356 g/mol. The molecule has 1 aliphatic heterocycles. The minimum Gasteiger partial charge on any atom is -0.497 e. The van der Waals surface area contributed by atoms with Crippen LogP contribution in [0.5, 0.6) is 17.2 Å². The largest absolute Gasteiger partial charge is 0.497 e. The first-order valence-electron chi connectivity index (χ1n) is 9.16. The summed E-state index contributed by atoms with van der Waals surface area (Å²) in [5.41, 5.74) is 2.45. The number of piperazine rings is 1. The Morgan fingerprint density at radius 2 is 1.62 bits per heavy atom. The van der Waals surface area contributed by atoms with Gasteiger partial charge >= 0.3 is 0 Å². The van der Waals surface area contributed by atoms with Crippen molar-refractivity contribution in [3.63, 3.8) is 0 Å². The van der Waals surface area contributed by atoms with Crippen LogP contribution in [0.2, 0.25) is 0 Å². The second-order valence-corrected chi connectivity index (χ2v) is 6.30. The minimum atomic E-state index is 0.174. The molecule has 0 amide bonds. The molecule has 5 nitrogen and oxygen atoms in total. The fourth-order valence-electron chi connectivity index (χ4n) is 3.47. The molecular weight excluding hydrogens is 328 g/mol. The molecule has 2 aromatic rings. The first-order chi connectivity index (χ1) is 12.8. The molecule has 2 aromatic carbocycles. The van der Waals surface area contributed by atoms with Crippen molar-refractivity contribution < 1.29 is 14.2 Å². The van der Waals surface area contributed by atoms with Gasteiger partial charge in [-0.15, -0.1) is 0 Å². The fourth-order valence-corrected chi connectivity index (χ4v) is 3.47. The molecule has 1 heterocycles. The Morgan fingerprint density at radius 1 is 0.923 bits per heavy atom. The van der Waals surface area contributed by atoms with Crippen molar-refractivity contribution in [1.82, 2.24) is 10.2 Å². The summed E-state index contributed by atoms with van der Waals surface area (Å²) in [5, 5.41) is 3.43. The lowest BCUT2D eigenvalue weighted by molar-refractivity contribution is 0.198. The predicted octanol–water partition coefficient (Wildman–Crippen LogP) is 3.10. The second-order valence-electron chi connectivity index (χ2n) is 6.30. The highest BCUT2D eigenvalue weighted by molar-refractivity contribution is 5.46. The molecule has 3 rings (SSSR count). The van der Waals surface area contributed by atoms with Gasteiger partial charge in [0.15, 0.2) is 11.5 Å². The van der Waals surface area contributed by atoms with E-state index in [1.165, 1.54) is 11.1 Å². The van der Waals surface area contributed by atoms with E-state index in [-0.39, 0.29) is 6.04 Å². The standard InChI is InChI=1S/C21H28N2O3/c1-4-26-19-10-7-17(15-20(19)25-3)21(23-13-11-22-12-14-23)16-5-8-18(24-2)9-6-16/h5-10,15,21-22H,4,11-14H2,1-3H3. The summed E-state index contributed by atoms with van der Waals surface area (Å²) in [4.78, 5) is 2.51. The molecule has 26 heavy (non-hydrogen) atoms. The maximum atomic E-state index is 5.68. The third-order valence-electron chi connectivity index (χ3n) is 4.75. The quantitative estimate of drug-likeness (QED) is 0.826. The van der Waals surface area contributed by atoms with Crippen LogP contribution in [0, 0.1) is 0 Å². The third-order valence-corrected chi connectivity index (χ3v) is 4.75. The van der Waals surface area contributed by atoms with E-state index in [0.29, 0.717) is 6.61 Å². The summed E-state index contributed by atoms with van der Waals surface area (Å²) in [5.74, 6) is 2.43. The van der Waals surface area contributed by atoms with Crippen LogP contribution in [0.4, 0.5) is 0 Å². The topological polar surface area (TPSA) is 43.0 Å². The Kier molecular flexibility index (Phi) is 6.36. The van der Waals surface area contributed by atoms with Crippen LogP contribution in [0.15, 0.2) is 42.5 Å². The number of nitrogens with one attached hydrogen (secondary N) is 1. The van der Waals surface area contributed by atoms with Crippen LogP contribution in [0.25, 0.3) is 0 Å². The van der Waals surface area contributed by atoms with Gasteiger partial charge < -0.3 is 19.5 Å². The number of benzene rings is 2. The molecule has 1 fully saturated rings. The highest BCUT2D eigenvalue weighted by atomic mass is 16.5. The molecule has 5 heteroatoms. The van der Waals surface area contributed by atoms with Gasteiger partial charge in [0.05, 0.1) is 26.9 Å². The lowest BCUT2D eigenvalue weighted by Crippen LogP contribution is -2.45. The highest BCUT2D eigenvalue weighted by Gasteiger charge is 2.25. The Labute approximate surface area is 155 Å². The molecule has 0 saturated carbocycles. The lowest BCUT2D eigenvalue weighted by atomic mass is 9.96. The van der Waals surface area contributed by atoms with E-state index in [1.54, 1.807) is 14.2 Å². The van der Waals surface area contributed by atoms with Crippen molar-refractivity contribution in [3.05, 3.63) is 53.6 Å². The summed E-state index contributed by atoms with van der Waals surface area (Å²) >= 11 is 0. The van der Waals surface area contributed by atoms with Gasteiger partial charge in [0.25, 0.3) is 0 Å². The van der Waals surface area contributed by atoms with Gasteiger partial charge in [0.1, 0.15) is 5.75 Å². The van der Waals surface area contributed by atoms with Gasteiger partial charge in [-0.3, -0.25) is 4.90 Å². The molecule has 1 N–H and O–H groups in total. The third kappa shape index (κ3) is 4.11. The summed E-state index contributed by atoms with van der Waals surface area (Å²) in [7, 11) is 3.38. The van der Waals surface area contributed by atoms with Crippen molar-refractivity contribution in [1.29, 1.82) is 0 Å². The Hall–Kier alpha value is -2.24. The monoisotopic (exact) mass is 356 g/mol. The van der Waals surface area contributed by atoms with E-state index in [1.807, 2.05) is 25.1 Å². The van der Waals surface area contributed by atoms with Crippen LogP contribution < -0.4 is 19.5 Å². The van der Waals surface area contributed by atoms with Gasteiger partial charge in [0, 0.05) is 26.2 Å². The lowest BCUT2D eigenvalue weighted by Gasteiger charge is -2.35. The number of nitrogens with zero attached hydrogens (tertiary/aromatic N) is 1. The highest BCUT2D eigenvalue weighted by Crippen LogP contribution is 2.36. The molecule has 0 aliphatic carbocycles. The normalized spacial score (nSPS) is 16.1. The van der Waals surface area contributed by atoms with Gasteiger partial charge in [-0.25, -0.2) is 0 Å². The molecule has 0 spiro atoms. The van der Waals surface area contributed by atoms with Crippen molar-refractivity contribution in [3.8, 4) is 17.2 Å². The minimum absolute atomic E-state index is 0.174. The molecule has 1 aliphatic rings. The zero-order chi connectivity index (χ0) is 18.4. The van der Waals surface area contributed by atoms with E-state index < -0.39 is 0 Å². The van der Waals surface area contributed by atoms with Gasteiger partial charge in [-0.2, -0.15) is 0 Å². The van der Waals surface area contributed by atoms with Crippen LogP contribution in [-0.2, 0) is 0 Å². The fraction of sp³-hybridized carbons (Fsp3) is 0.429. The van der Waals surface area contributed by atoms with Crippen molar-refractivity contribution in [2.24, 2.45) is 0 Å². The molecule has 0 radical (unpaired) electrons. The van der Waals surface area contributed by atoms with Crippen molar-refractivity contribution in [2.75, 3.05) is 47.0 Å². The predicted molar refractivity (Wildman–Crippen MR) is 103 cm³/mol. The molecule has 1 atom stereocenters. The van der Waals surface area contributed by atoms with Gasteiger partial charge in [-0.1, -0.05) is 18.2 Å². The van der Waals surface area contributed by atoms with E-state index >= 15 is 0 Å². The second kappa shape index (κ2) is 8.92. The molecule has 1 unspecified atom stereocenters. The molecule has 0 bridgehead atoms. The first-order valence-corrected chi connectivity index (χ1v) is 9.16. The molecule has 0 aromatic heterocycles. The van der Waals surface area contributed by atoms with Crippen LogP contribution in [-0.4, -0.2) is 51.9 Å². The first kappa shape index (κ1) is 18.5. The van der Waals surface area contributed by atoms with Gasteiger partial charge in [0.2, 0.25) is 0 Å². The number of rotatable bonds is 7. The smallest absolute Gasteiger partial charge is 0.161 e. The van der Waals surface area contributed by atoms with Crippen molar-refractivity contribution in [2.45, 2.75) is 13.0 Å². The maximum absolute atomic E-state index is 5.68. The zero-order valence-corrected chi connectivity index (χ0v) is 15.8. The Balaban J connectivity index is 1.99. The summed E-state index contributed by atoms with van der Waals surface area (Å²) in [6, 6.07) is 14.8. The van der Waals surface area contributed by atoms with Crippen LogP contribution in [0.3, 0.4) is 0 Å². The van der Waals surface area contributed by atoms with Crippen LogP contribution >= 0.6 is 0 Å². The number of methoxy groups -OCH3 is 2. The van der Waals surface area contributed by atoms with Gasteiger partial charge in [-0.05, 0) is 42.3 Å². The molecule has 140 valence electrons. The Morgan fingerprint density at radius 3 is 2.23 bits per heavy atom. The Bertz CT molecular complexity index is 697. The average Bonchev–Trinajstić information content (AvgIpc) is 2.70. The van der Waals surface area contributed by atoms with Crippen molar-refractivity contribution >= 4 is 0 Å². The van der Waals surface area contributed by atoms with E-state index in [9.17, 15) is 0 Å². The molecular formula is C21H28N2O3. The molecule has 1 saturated heterocycles. The van der Waals surface area contributed by atoms with E-state index in [4.69, 9.17) is 14.2 Å². The summed E-state index contributed by atoms with van der Waals surface area (Å²) in [6.07, 6.45) is 0. The number of hydrogen-bond acceptors (Lipinski definition) is 5. The zero-order valence-electron chi connectivity index (χ0n) is 15.8. The number of ether oxygens (including phenoxy) is 3. The SMILES string of the molecule is CCOc1ccc(C(c2ccc(OC)cc2)N2CCNCC2)cc1OC. The van der Waals surface area contributed by atoms with E-state index in [2.05, 4.69) is 34.5 Å². The summed E-state index contributed by atoms with van der Waals surface area (Å²) < 4.78 is 16.6. The number of hydrogen-bond donors (Lipinski definition) is 1.